The predicted molar refractivity (Wildman–Crippen MR) is 73.0 cm³/mol. The van der Waals surface area contributed by atoms with Gasteiger partial charge in [-0.2, -0.15) is 5.10 Å². The number of nitrogens with zero attached hydrogens (tertiary/aromatic N) is 2. The Kier molecular flexibility index (Phi) is 4.30. The Morgan fingerprint density at radius 2 is 2.11 bits per heavy atom. The molecule has 0 spiro atoms. The number of benzene rings is 1. The number of nitrogens with two attached hydrogens (primary N) is 1. The lowest BCUT2D eigenvalue weighted by molar-refractivity contribution is 0.331. The second kappa shape index (κ2) is 6.15. The molecule has 0 saturated heterocycles. The SMILES string of the molecule is CCOc1ccccc1C(N)Cn1ncccc1=O. The van der Waals surface area contributed by atoms with E-state index in [1.165, 1.54) is 10.7 Å². The summed E-state index contributed by atoms with van der Waals surface area (Å²) in [5, 5.41) is 4.00. The van der Waals surface area contributed by atoms with E-state index in [-0.39, 0.29) is 11.6 Å². The molecule has 0 amide bonds. The number of para-hydroxylation sites is 1. The standard InChI is InChI=1S/C14H17N3O2/c1-2-19-13-7-4-3-6-11(13)12(15)10-17-14(18)8-5-9-16-17/h3-9,12H,2,10,15H2,1H3. The Hall–Kier alpha value is -2.14. The van der Waals surface area contributed by atoms with E-state index >= 15 is 0 Å². The Labute approximate surface area is 111 Å². The van der Waals surface area contributed by atoms with E-state index in [9.17, 15) is 4.79 Å². The van der Waals surface area contributed by atoms with Crippen molar-refractivity contribution < 1.29 is 4.74 Å². The minimum absolute atomic E-state index is 0.160. The summed E-state index contributed by atoms with van der Waals surface area (Å²) in [4.78, 5) is 11.6. The maximum absolute atomic E-state index is 11.6. The van der Waals surface area contributed by atoms with Crippen LogP contribution >= 0.6 is 0 Å². The molecule has 0 bridgehead atoms. The molecule has 1 aromatic heterocycles. The van der Waals surface area contributed by atoms with Crippen molar-refractivity contribution in [3.63, 3.8) is 0 Å². The average Bonchev–Trinajstić information content (AvgIpc) is 2.42. The minimum atomic E-state index is -0.338. The molecule has 2 rings (SSSR count). The van der Waals surface area contributed by atoms with Crippen molar-refractivity contribution in [3.8, 4) is 5.75 Å². The molecule has 1 aromatic carbocycles. The molecular weight excluding hydrogens is 242 g/mol. The van der Waals surface area contributed by atoms with E-state index in [4.69, 9.17) is 10.5 Å². The molecule has 0 radical (unpaired) electrons. The predicted octanol–water partition coefficient (Wildman–Crippen LogP) is 1.34. The van der Waals surface area contributed by atoms with Crippen LogP contribution in [0.3, 0.4) is 0 Å². The quantitative estimate of drug-likeness (QED) is 0.879. The number of rotatable bonds is 5. The van der Waals surface area contributed by atoms with Crippen LogP contribution in [-0.2, 0) is 6.54 Å². The zero-order valence-electron chi connectivity index (χ0n) is 10.8. The normalized spacial score (nSPS) is 12.1. The zero-order valence-corrected chi connectivity index (χ0v) is 10.8. The molecule has 1 unspecified atom stereocenters. The summed E-state index contributed by atoms with van der Waals surface area (Å²) in [6, 6.07) is 10.3. The van der Waals surface area contributed by atoms with E-state index in [1.807, 2.05) is 31.2 Å². The van der Waals surface area contributed by atoms with Crippen molar-refractivity contribution >= 4 is 0 Å². The van der Waals surface area contributed by atoms with Crippen LogP contribution in [0, 0.1) is 0 Å². The fourth-order valence-corrected chi connectivity index (χ4v) is 1.88. The maximum Gasteiger partial charge on any atom is 0.266 e. The van der Waals surface area contributed by atoms with Crippen molar-refractivity contribution in [1.82, 2.24) is 9.78 Å². The van der Waals surface area contributed by atoms with Crippen molar-refractivity contribution in [2.24, 2.45) is 5.73 Å². The van der Waals surface area contributed by atoms with Gasteiger partial charge in [0.2, 0.25) is 0 Å². The van der Waals surface area contributed by atoms with E-state index in [1.54, 1.807) is 12.3 Å². The van der Waals surface area contributed by atoms with Crippen molar-refractivity contribution in [3.05, 3.63) is 58.5 Å². The van der Waals surface area contributed by atoms with Gasteiger partial charge in [-0.15, -0.1) is 0 Å². The summed E-state index contributed by atoms with van der Waals surface area (Å²) < 4.78 is 6.89. The van der Waals surface area contributed by atoms with Crippen LogP contribution in [0.5, 0.6) is 5.75 Å². The molecule has 5 nitrogen and oxygen atoms in total. The molecule has 19 heavy (non-hydrogen) atoms. The van der Waals surface area contributed by atoms with Gasteiger partial charge in [-0.25, -0.2) is 4.68 Å². The molecule has 0 aliphatic carbocycles. The highest BCUT2D eigenvalue weighted by molar-refractivity contribution is 5.35. The van der Waals surface area contributed by atoms with Gasteiger partial charge in [-0.3, -0.25) is 4.79 Å². The van der Waals surface area contributed by atoms with Crippen molar-refractivity contribution in [2.75, 3.05) is 6.61 Å². The van der Waals surface area contributed by atoms with Crippen molar-refractivity contribution in [2.45, 2.75) is 19.5 Å². The molecular formula is C14H17N3O2. The minimum Gasteiger partial charge on any atom is -0.494 e. The van der Waals surface area contributed by atoms with Gasteiger partial charge in [0.25, 0.3) is 5.56 Å². The molecule has 0 aliphatic heterocycles. The third kappa shape index (κ3) is 3.20. The monoisotopic (exact) mass is 259 g/mol. The van der Waals surface area contributed by atoms with Gasteiger partial charge in [0.1, 0.15) is 5.75 Å². The van der Waals surface area contributed by atoms with Crippen LogP contribution in [0.4, 0.5) is 0 Å². The van der Waals surface area contributed by atoms with Gasteiger partial charge >= 0.3 is 0 Å². The molecule has 100 valence electrons. The lowest BCUT2D eigenvalue weighted by Gasteiger charge is -2.16. The number of ether oxygens (including phenoxy) is 1. The topological polar surface area (TPSA) is 70.1 Å². The summed E-state index contributed by atoms with van der Waals surface area (Å²) in [5.41, 5.74) is 6.86. The van der Waals surface area contributed by atoms with Crippen LogP contribution in [0.1, 0.15) is 18.5 Å². The smallest absolute Gasteiger partial charge is 0.266 e. The van der Waals surface area contributed by atoms with Crippen LogP contribution in [-0.4, -0.2) is 16.4 Å². The van der Waals surface area contributed by atoms with Gasteiger partial charge in [0.15, 0.2) is 0 Å². The highest BCUT2D eigenvalue weighted by atomic mass is 16.5. The van der Waals surface area contributed by atoms with Gasteiger partial charge in [-0.05, 0) is 19.1 Å². The summed E-state index contributed by atoms with van der Waals surface area (Å²) in [6.45, 7) is 2.82. The van der Waals surface area contributed by atoms with Gasteiger partial charge in [-0.1, -0.05) is 18.2 Å². The first-order chi connectivity index (χ1) is 9.22. The van der Waals surface area contributed by atoms with Crippen LogP contribution in [0.2, 0.25) is 0 Å². The molecule has 0 saturated carbocycles. The molecule has 2 aromatic rings. The summed E-state index contributed by atoms with van der Waals surface area (Å²) >= 11 is 0. The van der Waals surface area contributed by atoms with Crippen LogP contribution < -0.4 is 16.0 Å². The van der Waals surface area contributed by atoms with E-state index in [0.29, 0.717) is 13.2 Å². The third-order valence-corrected chi connectivity index (χ3v) is 2.77. The van der Waals surface area contributed by atoms with Crippen LogP contribution in [0.25, 0.3) is 0 Å². The fourth-order valence-electron chi connectivity index (χ4n) is 1.88. The first-order valence-corrected chi connectivity index (χ1v) is 6.22. The number of hydrogen-bond acceptors (Lipinski definition) is 4. The lowest BCUT2D eigenvalue weighted by atomic mass is 10.1. The molecule has 1 heterocycles. The maximum atomic E-state index is 11.6. The molecule has 0 aliphatic rings. The molecule has 2 N–H and O–H groups in total. The highest BCUT2D eigenvalue weighted by Gasteiger charge is 2.13. The lowest BCUT2D eigenvalue weighted by Crippen LogP contribution is -2.28. The largest absolute Gasteiger partial charge is 0.494 e. The Morgan fingerprint density at radius 1 is 1.32 bits per heavy atom. The summed E-state index contributed by atoms with van der Waals surface area (Å²) in [6.07, 6.45) is 1.57. The highest BCUT2D eigenvalue weighted by Crippen LogP contribution is 2.24. The fraction of sp³-hybridized carbons (Fsp3) is 0.286. The third-order valence-electron chi connectivity index (χ3n) is 2.77. The second-order valence-electron chi connectivity index (χ2n) is 4.12. The van der Waals surface area contributed by atoms with E-state index in [2.05, 4.69) is 5.10 Å². The second-order valence-corrected chi connectivity index (χ2v) is 4.12. The summed E-state index contributed by atoms with van der Waals surface area (Å²) in [7, 11) is 0. The zero-order chi connectivity index (χ0) is 13.7. The van der Waals surface area contributed by atoms with Crippen LogP contribution in [0.15, 0.2) is 47.4 Å². The molecule has 5 heteroatoms. The first kappa shape index (κ1) is 13.3. The van der Waals surface area contributed by atoms with Gasteiger partial charge in [0.05, 0.1) is 19.2 Å². The molecule has 1 atom stereocenters. The van der Waals surface area contributed by atoms with Gasteiger partial charge in [0, 0.05) is 17.8 Å². The molecule has 0 fully saturated rings. The number of aromatic nitrogens is 2. The van der Waals surface area contributed by atoms with E-state index < -0.39 is 0 Å². The Morgan fingerprint density at radius 3 is 2.84 bits per heavy atom. The average molecular weight is 259 g/mol. The Bertz CT molecular complexity index is 595. The van der Waals surface area contributed by atoms with Crippen molar-refractivity contribution in [1.29, 1.82) is 0 Å². The Balaban J connectivity index is 2.23. The van der Waals surface area contributed by atoms with E-state index in [0.717, 1.165) is 11.3 Å². The summed E-state index contributed by atoms with van der Waals surface area (Å²) in [5.74, 6) is 0.751. The van der Waals surface area contributed by atoms with Gasteiger partial charge < -0.3 is 10.5 Å². The first-order valence-electron chi connectivity index (χ1n) is 6.22. The number of hydrogen-bond donors (Lipinski definition) is 1.